The van der Waals surface area contributed by atoms with Gasteiger partial charge in [-0.2, -0.15) is 0 Å². The minimum absolute atomic E-state index is 0.155. The van der Waals surface area contributed by atoms with E-state index < -0.39 is 0 Å². The fraction of sp³-hybridized carbons (Fsp3) is 0.500. The van der Waals surface area contributed by atoms with Crippen LogP contribution in [-0.2, 0) is 0 Å². The van der Waals surface area contributed by atoms with Crippen molar-refractivity contribution in [2.75, 3.05) is 19.6 Å². The number of rotatable bonds is 1. The lowest BCUT2D eigenvalue weighted by atomic mass is 10.0. The number of carbonyl (C=O) groups excluding carboxylic acids is 1. The average Bonchev–Trinajstić information content (AvgIpc) is 2.32. The largest absolute Gasteiger partial charge is 0.333 e. The van der Waals surface area contributed by atoms with Gasteiger partial charge in [0.05, 0.1) is 0 Å². The molecule has 0 radical (unpaired) electrons. The van der Waals surface area contributed by atoms with E-state index in [1.165, 1.54) is 11.1 Å². The fourth-order valence-corrected chi connectivity index (χ4v) is 2.18. The van der Waals surface area contributed by atoms with E-state index in [0.717, 1.165) is 25.2 Å². The van der Waals surface area contributed by atoms with Crippen LogP contribution in [0.15, 0.2) is 18.2 Å². The highest BCUT2D eigenvalue weighted by molar-refractivity contribution is 5.94. The predicted molar refractivity (Wildman–Crippen MR) is 69.3 cm³/mol. The van der Waals surface area contributed by atoms with Gasteiger partial charge in [-0.15, -0.1) is 0 Å². The summed E-state index contributed by atoms with van der Waals surface area (Å²) in [6.07, 6.45) is 0. The zero-order valence-electron chi connectivity index (χ0n) is 10.8. The highest BCUT2D eigenvalue weighted by atomic mass is 16.2. The van der Waals surface area contributed by atoms with Crippen LogP contribution in [0.4, 0.5) is 0 Å². The number of hydrogen-bond acceptors (Lipinski definition) is 2. The Morgan fingerprint density at radius 1 is 1.35 bits per heavy atom. The lowest BCUT2D eigenvalue weighted by Gasteiger charge is -2.34. The zero-order chi connectivity index (χ0) is 12.4. The molecule has 0 aliphatic carbocycles. The number of benzene rings is 1. The van der Waals surface area contributed by atoms with Crippen molar-refractivity contribution in [3.63, 3.8) is 0 Å². The monoisotopic (exact) mass is 232 g/mol. The summed E-state index contributed by atoms with van der Waals surface area (Å²) in [6.45, 7) is 8.78. The van der Waals surface area contributed by atoms with Crippen molar-refractivity contribution in [2.45, 2.75) is 26.8 Å². The third-order valence-electron chi connectivity index (χ3n) is 3.52. The van der Waals surface area contributed by atoms with E-state index in [-0.39, 0.29) is 11.9 Å². The Bertz CT molecular complexity index is 428. The second-order valence-electron chi connectivity index (χ2n) is 4.85. The third-order valence-corrected chi connectivity index (χ3v) is 3.52. The summed E-state index contributed by atoms with van der Waals surface area (Å²) in [7, 11) is 0. The summed E-state index contributed by atoms with van der Waals surface area (Å²) in [5, 5.41) is 3.30. The molecule has 17 heavy (non-hydrogen) atoms. The molecule has 1 amide bonds. The first-order valence-corrected chi connectivity index (χ1v) is 6.18. The van der Waals surface area contributed by atoms with Gasteiger partial charge in [0.25, 0.3) is 5.91 Å². The maximum Gasteiger partial charge on any atom is 0.254 e. The molecular formula is C14H20N2O. The standard InChI is InChI=1S/C14H20N2O/c1-10-4-5-13(8-11(10)2)14(17)16-7-6-15-9-12(16)3/h4-5,8,12,15H,6-7,9H2,1-3H3/t12-/m0/s1. The summed E-state index contributed by atoms with van der Waals surface area (Å²) in [6, 6.07) is 6.22. The Labute approximate surface area is 103 Å². The van der Waals surface area contributed by atoms with E-state index in [1.807, 2.05) is 30.0 Å². The highest BCUT2D eigenvalue weighted by Crippen LogP contribution is 2.14. The quantitative estimate of drug-likeness (QED) is 0.800. The second-order valence-corrected chi connectivity index (χ2v) is 4.85. The molecule has 1 aliphatic rings. The van der Waals surface area contributed by atoms with Crippen molar-refractivity contribution >= 4 is 5.91 Å². The fourth-order valence-electron chi connectivity index (χ4n) is 2.18. The van der Waals surface area contributed by atoms with Gasteiger partial charge >= 0.3 is 0 Å². The Kier molecular flexibility index (Phi) is 3.48. The van der Waals surface area contributed by atoms with E-state index >= 15 is 0 Å². The van der Waals surface area contributed by atoms with E-state index in [4.69, 9.17) is 0 Å². The summed E-state index contributed by atoms with van der Waals surface area (Å²) in [4.78, 5) is 14.3. The third kappa shape index (κ3) is 2.50. The van der Waals surface area contributed by atoms with Crippen molar-refractivity contribution in [3.05, 3.63) is 34.9 Å². The molecule has 0 unspecified atom stereocenters. The molecule has 1 aromatic rings. The van der Waals surface area contributed by atoms with Crippen molar-refractivity contribution in [1.29, 1.82) is 0 Å². The number of nitrogens with one attached hydrogen (secondary N) is 1. The van der Waals surface area contributed by atoms with Crippen LogP contribution in [0.5, 0.6) is 0 Å². The minimum atomic E-state index is 0.155. The van der Waals surface area contributed by atoms with Gasteiger partial charge in [-0.1, -0.05) is 6.07 Å². The lowest BCUT2D eigenvalue weighted by Crippen LogP contribution is -2.52. The molecule has 92 valence electrons. The first-order valence-electron chi connectivity index (χ1n) is 6.18. The number of hydrogen-bond donors (Lipinski definition) is 1. The molecule has 0 aromatic heterocycles. The van der Waals surface area contributed by atoms with Crippen LogP contribution >= 0.6 is 0 Å². The van der Waals surface area contributed by atoms with Crippen molar-refractivity contribution in [1.82, 2.24) is 10.2 Å². The molecule has 1 aromatic carbocycles. The molecular weight excluding hydrogens is 212 g/mol. The number of nitrogens with zero attached hydrogens (tertiary/aromatic N) is 1. The Morgan fingerprint density at radius 2 is 2.12 bits per heavy atom. The smallest absolute Gasteiger partial charge is 0.254 e. The zero-order valence-corrected chi connectivity index (χ0v) is 10.8. The lowest BCUT2D eigenvalue weighted by molar-refractivity contribution is 0.0655. The first kappa shape index (κ1) is 12.1. The number of amides is 1. The summed E-state index contributed by atoms with van der Waals surface area (Å²) in [5.74, 6) is 0.155. The van der Waals surface area contributed by atoms with Crippen LogP contribution in [0.25, 0.3) is 0 Å². The van der Waals surface area contributed by atoms with Crippen LogP contribution in [0.3, 0.4) is 0 Å². The topological polar surface area (TPSA) is 32.3 Å². The highest BCUT2D eigenvalue weighted by Gasteiger charge is 2.23. The summed E-state index contributed by atoms with van der Waals surface area (Å²) in [5.41, 5.74) is 3.22. The maximum atomic E-state index is 12.4. The SMILES string of the molecule is Cc1ccc(C(=O)N2CCNC[C@@H]2C)cc1C. The molecule has 3 nitrogen and oxygen atoms in total. The molecule has 0 saturated carbocycles. The molecule has 1 heterocycles. The van der Waals surface area contributed by atoms with Gasteiger partial charge in [-0.3, -0.25) is 4.79 Å². The maximum absolute atomic E-state index is 12.4. The van der Waals surface area contributed by atoms with E-state index in [9.17, 15) is 4.79 Å². The summed E-state index contributed by atoms with van der Waals surface area (Å²) < 4.78 is 0. The van der Waals surface area contributed by atoms with Crippen molar-refractivity contribution in [2.24, 2.45) is 0 Å². The Morgan fingerprint density at radius 3 is 2.76 bits per heavy atom. The molecule has 1 aliphatic heterocycles. The molecule has 0 bridgehead atoms. The minimum Gasteiger partial charge on any atom is -0.333 e. The average molecular weight is 232 g/mol. The predicted octanol–water partition coefficient (Wildman–Crippen LogP) is 1.74. The number of aryl methyl sites for hydroxylation is 2. The van der Waals surface area contributed by atoms with Gasteiger partial charge in [0, 0.05) is 31.2 Å². The molecule has 0 spiro atoms. The van der Waals surface area contributed by atoms with Gasteiger partial charge in [0.15, 0.2) is 0 Å². The van der Waals surface area contributed by atoms with Crippen LogP contribution in [0.1, 0.15) is 28.4 Å². The van der Waals surface area contributed by atoms with Crippen LogP contribution in [0.2, 0.25) is 0 Å². The molecule has 3 heteroatoms. The Hall–Kier alpha value is -1.35. The molecule has 2 rings (SSSR count). The van der Waals surface area contributed by atoms with Gasteiger partial charge in [0.1, 0.15) is 0 Å². The van der Waals surface area contributed by atoms with E-state index in [2.05, 4.69) is 19.2 Å². The summed E-state index contributed by atoms with van der Waals surface area (Å²) >= 11 is 0. The normalized spacial score (nSPS) is 20.4. The van der Waals surface area contributed by atoms with Crippen LogP contribution < -0.4 is 5.32 Å². The molecule has 1 atom stereocenters. The molecule has 1 N–H and O–H groups in total. The van der Waals surface area contributed by atoms with E-state index in [1.54, 1.807) is 0 Å². The number of carbonyl (C=O) groups is 1. The second kappa shape index (κ2) is 4.88. The van der Waals surface area contributed by atoms with Gasteiger partial charge in [-0.05, 0) is 44.0 Å². The van der Waals surface area contributed by atoms with Gasteiger partial charge in [-0.25, -0.2) is 0 Å². The molecule has 1 saturated heterocycles. The van der Waals surface area contributed by atoms with Gasteiger partial charge < -0.3 is 10.2 Å². The van der Waals surface area contributed by atoms with Crippen LogP contribution in [-0.4, -0.2) is 36.5 Å². The van der Waals surface area contributed by atoms with E-state index in [0.29, 0.717) is 0 Å². The first-order chi connectivity index (χ1) is 8.09. The van der Waals surface area contributed by atoms with Crippen LogP contribution in [0, 0.1) is 13.8 Å². The van der Waals surface area contributed by atoms with Crippen molar-refractivity contribution < 1.29 is 4.79 Å². The van der Waals surface area contributed by atoms with Crippen molar-refractivity contribution in [3.8, 4) is 0 Å². The Balaban J connectivity index is 2.21. The number of piperazine rings is 1. The molecule has 1 fully saturated rings. The van der Waals surface area contributed by atoms with Gasteiger partial charge in [0.2, 0.25) is 0 Å².